The molecule has 10 heteroatoms. The Hall–Kier alpha value is -2.50. The molecule has 0 heterocycles. The molecule has 0 amide bonds. The summed E-state index contributed by atoms with van der Waals surface area (Å²) in [5.41, 5.74) is 0.848. The van der Waals surface area contributed by atoms with Gasteiger partial charge in [0.05, 0.1) is 10.9 Å². The fourth-order valence-electron chi connectivity index (χ4n) is 3.31. The van der Waals surface area contributed by atoms with Gasteiger partial charge in [0, 0.05) is 19.8 Å². The van der Waals surface area contributed by atoms with Crippen molar-refractivity contribution in [1.29, 1.82) is 0 Å². The molecule has 0 aliphatic carbocycles. The van der Waals surface area contributed by atoms with Crippen LogP contribution in [0.2, 0.25) is 0 Å². The molecule has 6 nitrogen and oxygen atoms in total. The van der Waals surface area contributed by atoms with E-state index in [0.29, 0.717) is 0 Å². The van der Waals surface area contributed by atoms with E-state index in [2.05, 4.69) is 0 Å². The first-order valence-corrected chi connectivity index (χ1v) is 13.2. The Morgan fingerprint density at radius 1 is 0.829 bits per heavy atom. The number of alkyl halides is 2. The van der Waals surface area contributed by atoms with Gasteiger partial charge in [-0.3, -0.25) is 4.55 Å². The molecule has 0 spiro atoms. The summed E-state index contributed by atoms with van der Waals surface area (Å²) in [5.74, 6) is -0.837. The first kappa shape index (κ1) is 27.1. The zero-order valence-electron chi connectivity index (χ0n) is 19.6. The molecule has 0 saturated carbocycles. The normalized spacial score (nSPS) is 14.4. The third kappa shape index (κ3) is 5.84. The molecule has 0 aliphatic heterocycles. The van der Waals surface area contributed by atoms with Crippen LogP contribution in [0, 0.1) is 0 Å². The lowest BCUT2D eigenvalue weighted by Crippen LogP contribution is -2.42. The first-order chi connectivity index (χ1) is 16.4. The highest BCUT2D eigenvalue weighted by Crippen LogP contribution is 2.35. The van der Waals surface area contributed by atoms with Crippen LogP contribution < -0.4 is 4.74 Å². The van der Waals surface area contributed by atoms with Crippen LogP contribution in [-0.2, 0) is 36.3 Å². The number of benzene rings is 3. The molecule has 3 rings (SSSR count). The van der Waals surface area contributed by atoms with Gasteiger partial charge < -0.3 is 14.2 Å². The maximum atomic E-state index is 13.8. The summed E-state index contributed by atoms with van der Waals surface area (Å²) in [6, 6.07) is 24.1. The Bertz CT molecular complexity index is 1210. The average molecular weight is 526 g/mol. The number of rotatable bonds is 10. The molecular formula is C25H27F2O6S2+. The predicted octanol–water partition coefficient (Wildman–Crippen LogP) is 5.50. The third-order valence-corrected chi connectivity index (χ3v) is 8.81. The fourth-order valence-corrected chi connectivity index (χ4v) is 5.84. The quantitative estimate of drug-likeness (QED) is 0.214. The Balaban J connectivity index is 1.94. The Morgan fingerprint density at radius 3 is 1.74 bits per heavy atom. The Kier molecular flexibility index (Phi) is 8.23. The van der Waals surface area contributed by atoms with Crippen LogP contribution in [0.5, 0.6) is 5.75 Å². The molecule has 0 bridgehead atoms. The molecule has 188 valence electrons. The van der Waals surface area contributed by atoms with E-state index in [1.165, 1.54) is 12.1 Å². The van der Waals surface area contributed by atoms with Crippen molar-refractivity contribution in [2.75, 3.05) is 14.2 Å². The zero-order chi connectivity index (χ0) is 25.9. The van der Waals surface area contributed by atoms with E-state index in [9.17, 15) is 17.2 Å². The predicted molar refractivity (Wildman–Crippen MR) is 129 cm³/mol. The molecule has 0 aromatic heterocycles. The molecule has 0 fully saturated rings. The zero-order valence-corrected chi connectivity index (χ0v) is 21.3. The summed E-state index contributed by atoms with van der Waals surface area (Å²) in [5, 5.41) is -4.44. The number of hydrogen-bond acceptors (Lipinski definition) is 5. The van der Waals surface area contributed by atoms with Crippen molar-refractivity contribution in [3.8, 4) is 5.75 Å². The van der Waals surface area contributed by atoms with Crippen molar-refractivity contribution >= 4 is 21.0 Å². The van der Waals surface area contributed by atoms with E-state index in [0.717, 1.165) is 27.2 Å². The van der Waals surface area contributed by atoms with Crippen LogP contribution in [-0.4, -0.2) is 38.5 Å². The molecule has 3 aromatic rings. The topological polar surface area (TPSA) is 82.1 Å². The second-order valence-corrected chi connectivity index (χ2v) is 11.3. The van der Waals surface area contributed by atoms with E-state index in [1.54, 1.807) is 26.4 Å². The highest BCUT2D eigenvalue weighted by atomic mass is 32.2. The van der Waals surface area contributed by atoms with E-state index < -0.39 is 38.2 Å². The van der Waals surface area contributed by atoms with Gasteiger partial charge in [0.25, 0.3) is 0 Å². The van der Waals surface area contributed by atoms with Gasteiger partial charge in [-0.15, -0.1) is 0 Å². The van der Waals surface area contributed by atoms with Crippen LogP contribution in [0.25, 0.3) is 0 Å². The monoisotopic (exact) mass is 525 g/mol. The molecule has 0 aliphatic rings. The number of halogens is 2. The highest BCUT2D eigenvalue weighted by molar-refractivity contribution is 7.97. The standard InChI is InChI=1S/C25H26F2O6S2/c1-18(25(26,27)35(28,29)30)33-20-12-16-23(17-13-20)34(21-8-6-5-7-9-21)22-14-10-19(11-15-22)24(2,31-3)32-4/h5-18H,1-4H3/p+1. The second-order valence-electron chi connectivity index (χ2n) is 7.77. The smallest absolute Gasteiger partial charge is 0.405 e. The lowest BCUT2D eigenvalue weighted by atomic mass is 10.1. The van der Waals surface area contributed by atoms with Gasteiger partial charge in [0.15, 0.2) is 26.6 Å². The molecule has 2 atom stereocenters. The van der Waals surface area contributed by atoms with E-state index in [1.807, 2.05) is 61.5 Å². The van der Waals surface area contributed by atoms with Crippen molar-refractivity contribution in [2.45, 2.75) is 45.7 Å². The second kappa shape index (κ2) is 10.6. The summed E-state index contributed by atoms with van der Waals surface area (Å²) >= 11 is 0. The van der Waals surface area contributed by atoms with E-state index >= 15 is 0 Å². The van der Waals surface area contributed by atoms with Gasteiger partial charge in [-0.1, -0.05) is 18.2 Å². The lowest BCUT2D eigenvalue weighted by molar-refractivity contribution is -0.201. The molecule has 35 heavy (non-hydrogen) atoms. The molecule has 2 unspecified atom stereocenters. The molecule has 0 saturated heterocycles. The molecule has 1 N–H and O–H groups in total. The van der Waals surface area contributed by atoms with E-state index in [-0.39, 0.29) is 5.75 Å². The van der Waals surface area contributed by atoms with Gasteiger partial charge in [0.1, 0.15) is 5.75 Å². The van der Waals surface area contributed by atoms with E-state index in [4.69, 9.17) is 18.8 Å². The van der Waals surface area contributed by atoms with Gasteiger partial charge in [0.2, 0.25) is 0 Å². The summed E-state index contributed by atoms with van der Waals surface area (Å²) in [7, 11) is -2.99. The summed E-state index contributed by atoms with van der Waals surface area (Å²) in [4.78, 5) is 2.95. The van der Waals surface area contributed by atoms with Gasteiger partial charge in [-0.25, -0.2) is 0 Å². The first-order valence-electron chi connectivity index (χ1n) is 10.5. The van der Waals surface area contributed by atoms with Crippen molar-refractivity contribution in [3.05, 3.63) is 84.4 Å². The minimum Gasteiger partial charge on any atom is -0.483 e. The lowest BCUT2D eigenvalue weighted by Gasteiger charge is -2.26. The van der Waals surface area contributed by atoms with Crippen LogP contribution in [0.1, 0.15) is 19.4 Å². The van der Waals surface area contributed by atoms with Gasteiger partial charge in [-0.05, 0) is 74.5 Å². The SMILES string of the molecule is COC(C)(OC)c1ccc([S+](c2ccccc2)c2ccc(OC(C)C(F)(F)S(=O)(=O)O)cc2)cc1. The summed E-state index contributed by atoms with van der Waals surface area (Å²) in [6.45, 7) is 2.70. The largest absolute Gasteiger partial charge is 0.483 e. The number of hydrogen-bond donors (Lipinski definition) is 1. The molecule has 3 aromatic carbocycles. The fraction of sp³-hybridized carbons (Fsp3) is 0.280. The molecule has 0 radical (unpaired) electrons. The van der Waals surface area contributed by atoms with Crippen molar-refractivity contribution in [2.24, 2.45) is 0 Å². The van der Waals surface area contributed by atoms with Gasteiger partial charge in [-0.2, -0.15) is 17.2 Å². The minimum absolute atomic E-state index is 0.0486. The van der Waals surface area contributed by atoms with Gasteiger partial charge >= 0.3 is 15.4 Å². The van der Waals surface area contributed by atoms with Crippen LogP contribution in [0.4, 0.5) is 8.78 Å². The average Bonchev–Trinajstić information content (AvgIpc) is 2.85. The molecular weight excluding hydrogens is 498 g/mol. The van der Waals surface area contributed by atoms with Crippen molar-refractivity contribution < 1.29 is 36.0 Å². The maximum Gasteiger partial charge on any atom is 0.405 e. The van der Waals surface area contributed by atoms with Crippen molar-refractivity contribution in [3.63, 3.8) is 0 Å². The van der Waals surface area contributed by atoms with Crippen LogP contribution in [0.15, 0.2) is 93.5 Å². The van der Waals surface area contributed by atoms with Crippen LogP contribution in [0.3, 0.4) is 0 Å². The third-order valence-electron chi connectivity index (χ3n) is 5.56. The summed E-state index contributed by atoms with van der Waals surface area (Å²) < 4.78 is 74.5. The van der Waals surface area contributed by atoms with Crippen LogP contribution >= 0.6 is 0 Å². The Labute approximate surface area is 206 Å². The number of ether oxygens (including phenoxy) is 3. The Morgan fingerprint density at radius 2 is 1.29 bits per heavy atom. The summed E-state index contributed by atoms with van der Waals surface area (Å²) in [6.07, 6.45) is -2.08. The number of methoxy groups -OCH3 is 2. The maximum absolute atomic E-state index is 13.8. The minimum atomic E-state index is -5.61. The van der Waals surface area contributed by atoms with Crippen molar-refractivity contribution in [1.82, 2.24) is 0 Å². The highest BCUT2D eigenvalue weighted by Gasteiger charge is 2.51.